The van der Waals surface area contributed by atoms with Crippen LogP contribution in [0, 0.1) is 0 Å². The standard InChI is InChI=1S/C20H15ClN4O5S.C19H13ClN4O5S.C12H9ClN2O4.C8H10N2O3S.2CH4/c1-29-20(26)15-11-17(25(24-15)16-9-4-3-8-14(16)21)19-23-22-18(30-19)12-6-5-7-13(10-12)31(2,27)28;1-30(27,28)12-6-4-5-11(9-12)17-21-22-18(29-17)16-10-14(19(25)26)23-24(16)15-8-3-2-7-13(15)20;1-19-12(18)8-6-10(11(16)17)15(14-8)9-5-3-2-4-7(9)13;1-14(12,13)7-4-2-3-6(5-7)8(11)10-9;;/h3-11H,1-2H3;2-10H,1H3,(H,25,26);2-6H,1H3,(H,16,17);2-5H,9H2,1H3,(H,10,11);2*1H4. The van der Waals surface area contributed by atoms with Crippen LogP contribution in [0.1, 0.15) is 67.2 Å². The number of nitrogens with one attached hydrogen (secondary N) is 1. The van der Waals surface area contributed by atoms with Gasteiger partial charge in [-0.05, 0) is 91.0 Å². The van der Waals surface area contributed by atoms with E-state index in [1.54, 1.807) is 97.1 Å². The number of hydrogen-bond acceptors (Lipinski definition) is 23. The molecule has 5 aromatic heterocycles. The Hall–Kier alpha value is -10.7. The highest BCUT2D eigenvalue weighted by atomic mass is 35.5. The molecule has 0 unspecified atom stereocenters. The minimum atomic E-state index is -3.42. The molecule has 0 spiro atoms. The van der Waals surface area contributed by atoms with Crippen molar-refractivity contribution in [1.82, 2.24) is 55.2 Å². The molecule has 1 amide bonds. The number of hydrazine groups is 1. The van der Waals surface area contributed by atoms with Crippen LogP contribution in [0.3, 0.4) is 0 Å². The van der Waals surface area contributed by atoms with E-state index in [9.17, 15) is 54.3 Å². The number of carboxylic acids is 2. The van der Waals surface area contributed by atoms with Crippen molar-refractivity contribution < 1.29 is 77.7 Å². The first-order chi connectivity index (χ1) is 44.5. The molecule has 0 bridgehead atoms. The zero-order valence-electron chi connectivity index (χ0n) is 49.0. The molecular formula is C61H55Cl3N12O17S3. The van der Waals surface area contributed by atoms with Crippen molar-refractivity contribution in [2.75, 3.05) is 33.0 Å². The van der Waals surface area contributed by atoms with Gasteiger partial charge < -0.3 is 28.5 Å². The molecule has 0 atom stereocenters. The lowest BCUT2D eigenvalue weighted by Gasteiger charge is -2.06. The molecule has 0 fully saturated rings. The molecule has 5 N–H and O–H groups in total. The number of hydrogen-bond donors (Lipinski definition) is 4. The average Bonchev–Trinajstić information content (AvgIpc) is 1.64. The highest BCUT2D eigenvalue weighted by Gasteiger charge is 2.26. The lowest BCUT2D eigenvalue weighted by atomic mass is 10.2. The largest absolute Gasteiger partial charge is 0.477 e. The molecule has 0 aliphatic rings. The molecule has 500 valence electrons. The monoisotopic (exact) mass is 1430 g/mol. The van der Waals surface area contributed by atoms with Gasteiger partial charge in [-0.3, -0.25) is 10.2 Å². The first-order valence-electron chi connectivity index (χ1n) is 26.3. The molecular weight excluding hydrogens is 1380 g/mol. The van der Waals surface area contributed by atoms with Gasteiger partial charge >= 0.3 is 23.9 Å². The SMILES string of the molecule is C.C.COC(=O)c1cc(-c2nnc(-c3cccc(S(C)(=O)=O)c3)o2)n(-c2ccccc2Cl)n1.COC(=O)c1cc(C(=O)O)n(-c2ccccc2Cl)n1.CS(=O)(=O)c1cccc(-c2nnc(-c3cc(C(=O)O)nn3-c3ccccc3Cl)o2)c1.CS(=O)(=O)c1cccc(C(=O)NN)c1. The Bertz CT molecular complexity index is 5070. The Kier molecular flexibility index (Phi) is 24.3. The minimum absolute atomic E-state index is 0. The zero-order valence-corrected chi connectivity index (χ0v) is 53.7. The van der Waals surface area contributed by atoms with Crippen LogP contribution in [0.15, 0.2) is 187 Å². The quantitative estimate of drug-likeness (QED) is 0.0321. The smallest absolute Gasteiger partial charge is 0.358 e. The molecule has 5 heterocycles. The van der Waals surface area contributed by atoms with Crippen LogP contribution >= 0.6 is 34.8 Å². The maximum Gasteiger partial charge on any atom is 0.358 e. The minimum Gasteiger partial charge on any atom is -0.477 e. The number of halogens is 3. The van der Waals surface area contributed by atoms with Crippen LogP contribution in [-0.4, -0.2) is 148 Å². The molecule has 0 aliphatic carbocycles. The van der Waals surface area contributed by atoms with Crippen molar-refractivity contribution in [2.24, 2.45) is 5.84 Å². The molecule has 0 aliphatic heterocycles. The van der Waals surface area contributed by atoms with Gasteiger partial charge in [0.2, 0.25) is 11.8 Å². The number of para-hydroxylation sites is 3. The fourth-order valence-electron chi connectivity index (χ4n) is 8.09. The van der Waals surface area contributed by atoms with E-state index < -0.39 is 59.3 Å². The summed E-state index contributed by atoms with van der Waals surface area (Å²) in [6, 6.07) is 42.0. The molecule has 96 heavy (non-hydrogen) atoms. The number of sulfone groups is 3. The Morgan fingerprint density at radius 3 is 1.20 bits per heavy atom. The zero-order chi connectivity index (χ0) is 68.4. The number of nitrogens with two attached hydrogens (primary N) is 1. The number of carboxylic acid groups (broad SMARTS) is 2. The van der Waals surface area contributed by atoms with Crippen molar-refractivity contribution in [2.45, 2.75) is 29.5 Å². The topological polar surface area (TPSA) is 416 Å². The lowest BCUT2D eigenvalue weighted by Crippen LogP contribution is -2.30. The van der Waals surface area contributed by atoms with Crippen LogP contribution in [0.5, 0.6) is 0 Å². The van der Waals surface area contributed by atoms with Crippen molar-refractivity contribution in [3.05, 3.63) is 207 Å². The third-order valence-electron chi connectivity index (χ3n) is 12.6. The third kappa shape index (κ3) is 17.7. The second kappa shape index (κ2) is 31.5. The van der Waals surface area contributed by atoms with Gasteiger partial charge in [-0.2, -0.15) is 15.3 Å². The van der Waals surface area contributed by atoms with Crippen LogP contribution in [-0.2, 0) is 39.0 Å². The molecule has 11 aromatic rings. The number of ether oxygens (including phenoxy) is 2. The van der Waals surface area contributed by atoms with Crippen LogP contribution in [0.25, 0.3) is 63.1 Å². The molecule has 35 heteroatoms. The van der Waals surface area contributed by atoms with Gasteiger partial charge in [0.15, 0.2) is 52.3 Å². The van der Waals surface area contributed by atoms with E-state index in [1.165, 1.54) is 84.2 Å². The molecule has 6 aromatic carbocycles. The number of esters is 2. The van der Waals surface area contributed by atoms with E-state index in [4.69, 9.17) is 59.3 Å². The number of aromatic carboxylic acids is 2. The highest BCUT2D eigenvalue weighted by Crippen LogP contribution is 2.33. The van der Waals surface area contributed by atoms with Gasteiger partial charge in [0.25, 0.3) is 17.7 Å². The fraction of sp³-hybridized carbons (Fsp3) is 0.115. The Morgan fingerprint density at radius 2 is 0.812 bits per heavy atom. The predicted octanol–water partition coefficient (Wildman–Crippen LogP) is 9.75. The number of nitrogens with zero attached hydrogens (tertiary/aromatic N) is 10. The Labute approximate surface area is 562 Å². The summed E-state index contributed by atoms with van der Waals surface area (Å²) in [6.07, 6.45) is 3.29. The van der Waals surface area contributed by atoms with Crippen molar-refractivity contribution in [3.63, 3.8) is 0 Å². The first kappa shape index (κ1) is 74.3. The summed E-state index contributed by atoms with van der Waals surface area (Å²) >= 11 is 18.5. The summed E-state index contributed by atoms with van der Waals surface area (Å²) in [4.78, 5) is 57.4. The predicted molar refractivity (Wildman–Crippen MR) is 351 cm³/mol. The Balaban J connectivity index is 0.000000210. The van der Waals surface area contributed by atoms with E-state index in [2.05, 4.69) is 40.4 Å². The summed E-state index contributed by atoms with van der Waals surface area (Å²) < 4.78 is 94.1. The molecule has 0 saturated carbocycles. The van der Waals surface area contributed by atoms with Gasteiger partial charge in [-0.15, -0.1) is 20.4 Å². The average molecular weight is 1430 g/mol. The number of aromatic nitrogens is 10. The summed E-state index contributed by atoms with van der Waals surface area (Å²) in [5, 5.41) is 47.8. The number of amides is 1. The van der Waals surface area contributed by atoms with Gasteiger partial charge in [-0.25, -0.2) is 64.3 Å². The van der Waals surface area contributed by atoms with Gasteiger partial charge in [-0.1, -0.05) is 104 Å². The van der Waals surface area contributed by atoms with E-state index in [0.29, 0.717) is 49.0 Å². The summed E-state index contributed by atoms with van der Waals surface area (Å²) in [5.74, 6) is 0.808. The van der Waals surface area contributed by atoms with E-state index >= 15 is 0 Å². The third-order valence-corrected chi connectivity index (χ3v) is 16.8. The van der Waals surface area contributed by atoms with E-state index in [0.717, 1.165) is 29.5 Å². The van der Waals surface area contributed by atoms with Crippen molar-refractivity contribution in [3.8, 4) is 63.1 Å². The summed E-state index contributed by atoms with van der Waals surface area (Å²) in [7, 11) is -7.67. The van der Waals surface area contributed by atoms with Crippen molar-refractivity contribution in [1.29, 1.82) is 0 Å². The highest BCUT2D eigenvalue weighted by molar-refractivity contribution is 7.91. The molecule has 0 radical (unpaired) electrons. The first-order valence-corrected chi connectivity index (χ1v) is 33.1. The van der Waals surface area contributed by atoms with Gasteiger partial charge in [0.05, 0.1) is 61.0 Å². The van der Waals surface area contributed by atoms with Crippen LogP contribution in [0.4, 0.5) is 0 Å². The Morgan fingerprint density at radius 1 is 0.458 bits per heavy atom. The van der Waals surface area contributed by atoms with Gasteiger partial charge in [0, 0.05) is 53.7 Å². The number of carbonyl (C=O) groups excluding carboxylic acids is 3. The van der Waals surface area contributed by atoms with E-state index in [1.807, 2.05) is 5.43 Å². The maximum absolute atomic E-state index is 12.0. The molecule has 0 saturated heterocycles. The fourth-order valence-corrected chi connectivity index (χ4v) is 10.7. The molecule has 11 rings (SSSR count). The van der Waals surface area contributed by atoms with Gasteiger partial charge in [0.1, 0.15) is 11.4 Å². The number of benzene rings is 6. The summed E-state index contributed by atoms with van der Waals surface area (Å²) in [6.45, 7) is 0. The number of methoxy groups -OCH3 is 2. The number of carbonyl (C=O) groups is 5. The maximum atomic E-state index is 12.0. The number of rotatable bonds is 15. The number of nitrogen functional groups attached to an aromatic ring is 1. The molecule has 29 nitrogen and oxygen atoms in total. The van der Waals surface area contributed by atoms with Crippen LogP contribution < -0.4 is 11.3 Å². The second-order valence-corrected chi connectivity index (χ2v) is 26.4. The lowest BCUT2D eigenvalue weighted by molar-refractivity contribution is 0.0584. The summed E-state index contributed by atoms with van der Waals surface area (Å²) in [5.41, 5.74) is 4.33. The van der Waals surface area contributed by atoms with Crippen molar-refractivity contribution >= 4 is 94.1 Å². The second-order valence-electron chi connectivity index (χ2n) is 19.1. The van der Waals surface area contributed by atoms with E-state index in [-0.39, 0.29) is 87.1 Å². The normalized spacial score (nSPS) is 10.9. The van der Waals surface area contributed by atoms with Crippen LogP contribution in [0.2, 0.25) is 15.1 Å².